The fraction of sp³-hybridized carbons (Fsp3) is 0.600. The lowest BCUT2D eigenvalue weighted by Crippen LogP contribution is -2.44. The van der Waals surface area contributed by atoms with Gasteiger partial charge in [-0.25, -0.2) is 0 Å². The summed E-state index contributed by atoms with van der Waals surface area (Å²) in [6.45, 7) is 4.28. The van der Waals surface area contributed by atoms with Gasteiger partial charge in [-0.2, -0.15) is 0 Å². The molecule has 1 aromatic rings. The van der Waals surface area contributed by atoms with Crippen LogP contribution in [0.5, 0.6) is 0 Å². The Kier molecular flexibility index (Phi) is 5.70. The summed E-state index contributed by atoms with van der Waals surface area (Å²) in [5, 5.41) is 4.91. The summed E-state index contributed by atoms with van der Waals surface area (Å²) in [6.07, 6.45) is 1.86. The van der Waals surface area contributed by atoms with Crippen LogP contribution in [-0.4, -0.2) is 32.5 Å². The summed E-state index contributed by atoms with van der Waals surface area (Å²) in [6, 6.07) is 5.83. The molecule has 112 valence electrons. The first kappa shape index (κ1) is 16.1. The van der Waals surface area contributed by atoms with Crippen LogP contribution in [0.4, 0.5) is 0 Å². The number of benzene rings is 1. The van der Waals surface area contributed by atoms with Crippen molar-refractivity contribution in [3.05, 3.63) is 33.8 Å². The van der Waals surface area contributed by atoms with Crippen molar-refractivity contribution in [3.8, 4) is 0 Å². The molecule has 3 nitrogen and oxygen atoms in total. The molecule has 2 rings (SSSR count). The van der Waals surface area contributed by atoms with Crippen LogP contribution in [0.25, 0.3) is 0 Å². The van der Waals surface area contributed by atoms with Crippen molar-refractivity contribution < 1.29 is 9.47 Å². The lowest BCUT2D eigenvalue weighted by atomic mass is 10.00. The molecule has 0 spiro atoms. The van der Waals surface area contributed by atoms with E-state index in [4.69, 9.17) is 32.7 Å². The first-order valence-electron chi connectivity index (χ1n) is 6.91. The van der Waals surface area contributed by atoms with Crippen LogP contribution >= 0.6 is 23.2 Å². The molecular formula is C15H21Cl2NO2. The van der Waals surface area contributed by atoms with Gasteiger partial charge < -0.3 is 14.8 Å². The molecule has 1 aromatic carbocycles. The van der Waals surface area contributed by atoms with Gasteiger partial charge in [-0.15, -0.1) is 0 Å². The van der Waals surface area contributed by atoms with Crippen LogP contribution in [0.2, 0.25) is 10.0 Å². The minimum absolute atomic E-state index is 0.187. The van der Waals surface area contributed by atoms with E-state index >= 15 is 0 Å². The van der Waals surface area contributed by atoms with E-state index in [1.807, 2.05) is 12.1 Å². The monoisotopic (exact) mass is 317 g/mol. The normalized spacial score (nSPS) is 24.0. The second kappa shape index (κ2) is 7.10. The molecule has 20 heavy (non-hydrogen) atoms. The summed E-state index contributed by atoms with van der Waals surface area (Å²) < 4.78 is 11.1. The van der Waals surface area contributed by atoms with Gasteiger partial charge in [0.1, 0.15) is 5.60 Å². The summed E-state index contributed by atoms with van der Waals surface area (Å²) in [5.74, 6) is 0. The number of hydrogen-bond acceptors (Lipinski definition) is 3. The zero-order valence-corrected chi connectivity index (χ0v) is 13.4. The maximum absolute atomic E-state index is 6.29. The van der Waals surface area contributed by atoms with Gasteiger partial charge in [0, 0.05) is 42.8 Å². The molecular weight excluding hydrogens is 297 g/mol. The first-order chi connectivity index (χ1) is 9.60. The minimum Gasteiger partial charge on any atom is -0.378 e. The van der Waals surface area contributed by atoms with Crippen molar-refractivity contribution in [2.75, 3.05) is 26.9 Å². The van der Waals surface area contributed by atoms with Crippen LogP contribution in [0.1, 0.15) is 31.4 Å². The zero-order valence-electron chi connectivity index (χ0n) is 11.9. The average Bonchev–Trinajstić information content (AvgIpc) is 2.91. The van der Waals surface area contributed by atoms with Gasteiger partial charge in [0.15, 0.2) is 0 Å². The molecule has 0 saturated carbocycles. The predicted octanol–water partition coefficient (Wildman–Crippen LogP) is 3.84. The lowest BCUT2D eigenvalue weighted by molar-refractivity contribution is -0.0176. The maximum atomic E-state index is 6.29. The lowest BCUT2D eigenvalue weighted by Gasteiger charge is -2.29. The van der Waals surface area contributed by atoms with E-state index in [2.05, 4.69) is 12.2 Å². The summed E-state index contributed by atoms with van der Waals surface area (Å²) in [5.41, 5.74) is 0.857. The largest absolute Gasteiger partial charge is 0.378 e. The molecule has 2 unspecified atom stereocenters. The van der Waals surface area contributed by atoms with Gasteiger partial charge in [0.2, 0.25) is 0 Å². The SMILES string of the molecule is CCC(NCC1(OC)CCOC1)c1ccc(Cl)cc1Cl. The summed E-state index contributed by atoms with van der Waals surface area (Å²) >= 11 is 12.2. The maximum Gasteiger partial charge on any atom is 0.106 e. The van der Waals surface area contributed by atoms with Crippen molar-refractivity contribution >= 4 is 23.2 Å². The van der Waals surface area contributed by atoms with E-state index < -0.39 is 0 Å². The molecule has 0 aliphatic carbocycles. The standard InChI is InChI=1S/C15H21Cl2NO2/c1-3-14(12-5-4-11(16)8-13(12)17)18-9-15(19-2)6-7-20-10-15/h4-5,8,14,18H,3,6-7,9-10H2,1-2H3. The third kappa shape index (κ3) is 3.66. The Labute approximate surface area is 130 Å². The zero-order chi connectivity index (χ0) is 14.6. The van der Waals surface area contributed by atoms with Crippen molar-refractivity contribution in [1.82, 2.24) is 5.32 Å². The van der Waals surface area contributed by atoms with Crippen molar-refractivity contribution in [2.45, 2.75) is 31.4 Å². The topological polar surface area (TPSA) is 30.5 Å². The molecule has 1 saturated heterocycles. The highest BCUT2D eigenvalue weighted by Crippen LogP contribution is 2.29. The third-order valence-electron chi connectivity index (χ3n) is 3.92. The van der Waals surface area contributed by atoms with Crippen LogP contribution in [0, 0.1) is 0 Å². The molecule has 1 aliphatic heterocycles. The Hall–Kier alpha value is -0.320. The Balaban J connectivity index is 2.05. The first-order valence-corrected chi connectivity index (χ1v) is 7.67. The Bertz CT molecular complexity index is 447. The van der Waals surface area contributed by atoms with E-state index in [-0.39, 0.29) is 11.6 Å². The quantitative estimate of drug-likeness (QED) is 0.864. The van der Waals surface area contributed by atoms with E-state index in [1.54, 1.807) is 13.2 Å². The minimum atomic E-state index is -0.216. The number of hydrogen-bond donors (Lipinski definition) is 1. The third-order valence-corrected chi connectivity index (χ3v) is 4.48. The van der Waals surface area contributed by atoms with Gasteiger partial charge in [-0.3, -0.25) is 0 Å². The fourth-order valence-electron chi connectivity index (χ4n) is 2.53. The van der Waals surface area contributed by atoms with Crippen LogP contribution in [0.3, 0.4) is 0 Å². The van der Waals surface area contributed by atoms with E-state index in [9.17, 15) is 0 Å². The van der Waals surface area contributed by atoms with Gasteiger partial charge >= 0.3 is 0 Å². The smallest absolute Gasteiger partial charge is 0.106 e. The number of nitrogens with one attached hydrogen (secondary N) is 1. The van der Waals surface area contributed by atoms with E-state index in [1.165, 1.54) is 0 Å². The molecule has 0 bridgehead atoms. The van der Waals surface area contributed by atoms with Crippen molar-refractivity contribution in [1.29, 1.82) is 0 Å². The van der Waals surface area contributed by atoms with Crippen LogP contribution < -0.4 is 5.32 Å². The van der Waals surface area contributed by atoms with Gasteiger partial charge in [0.05, 0.1) is 6.61 Å². The Morgan fingerprint density at radius 3 is 2.80 bits per heavy atom. The van der Waals surface area contributed by atoms with Crippen LogP contribution in [0.15, 0.2) is 18.2 Å². The van der Waals surface area contributed by atoms with Crippen molar-refractivity contribution in [2.24, 2.45) is 0 Å². The van der Waals surface area contributed by atoms with Gasteiger partial charge in [-0.1, -0.05) is 36.2 Å². The molecule has 5 heteroatoms. The highest BCUT2D eigenvalue weighted by molar-refractivity contribution is 6.35. The molecule has 1 heterocycles. The van der Waals surface area contributed by atoms with Gasteiger partial charge in [-0.05, 0) is 24.1 Å². The number of methoxy groups -OCH3 is 1. The molecule has 1 aliphatic rings. The number of halogens is 2. The number of rotatable bonds is 6. The molecule has 0 amide bonds. The Morgan fingerprint density at radius 2 is 2.25 bits per heavy atom. The summed E-state index contributed by atoms with van der Waals surface area (Å²) in [7, 11) is 1.74. The second-order valence-corrected chi connectivity index (χ2v) is 6.04. The molecule has 1 N–H and O–H groups in total. The highest BCUT2D eigenvalue weighted by Gasteiger charge is 2.35. The Morgan fingerprint density at radius 1 is 1.45 bits per heavy atom. The number of ether oxygens (including phenoxy) is 2. The molecule has 2 atom stereocenters. The van der Waals surface area contributed by atoms with Crippen LogP contribution in [-0.2, 0) is 9.47 Å². The highest BCUT2D eigenvalue weighted by atomic mass is 35.5. The molecule has 0 radical (unpaired) electrons. The summed E-state index contributed by atoms with van der Waals surface area (Å²) in [4.78, 5) is 0. The molecule has 1 fully saturated rings. The fourth-order valence-corrected chi connectivity index (χ4v) is 3.07. The van der Waals surface area contributed by atoms with Crippen molar-refractivity contribution in [3.63, 3.8) is 0 Å². The van der Waals surface area contributed by atoms with E-state index in [0.29, 0.717) is 16.7 Å². The second-order valence-electron chi connectivity index (χ2n) is 5.20. The van der Waals surface area contributed by atoms with E-state index in [0.717, 1.165) is 31.6 Å². The predicted molar refractivity (Wildman–Crippen MR) is 82.7 cm³/mol. The molecule has 0 aromatic heterocycles. The van der Waals surface area contributed by atoms with Gasteiger partial charge in [0.25, 0.3) is 0 Å². The average molecular weight is 318 g/mol.